The second kappa shape index (κ2) is 14.1. The number of hydrogen-bond acceptors (Lipinski definition) is 4. The molecule has 2 aromatic rings. The van der Waals surface area contributed by atoms with Gasteiger partial charge in [0.2, 0.25) is 0 Å². The molecule has 2 heterocycles. The van der Waals surface area contributed by atoms with Crippen molar-refractivity contribution in [2.24, 2.45) is 4.99 Å². The third kappa shape index (κ3) is 8.17. The second-order valence-electron chi connectivity index (χ2n) is 7.29. The van der Waals surface area contributed by atoms with E-state index in [0.29, 0.717) is 18.8 Å². The number of piperazine rings is 1. The smallest absolute Gasteiger partial charge is 0.289 e. The Hall–Kier alpha value is -2.07. The lowest BCUT2D eigenvalue weighted by Gasteiger charge is -2.36. The zero-order valence-electron chi connectivity index (χ0n) is 18.2. The van der Waals surface area contributed by atoms with Crippen molar-refractivity contribution in [3.63, 3.8) is 0 Å². The summed E-state index contributed by atoms with van der Waals surface area (Å²) < 4.78 is 11.0. The van der Waals surface area contributed by atoms with Gasteiger partial charge in [0, 0.05) is 46.4 Å². The number of hydrogen-bond donors (Lipinski definition) is 1. The largest absolute Gasteiger partial charge is 0.459 e. The standard InChI is InChI=1S/C23H32N4O3.HI/c1-24-23(25-12-5-6-17-29-19-11-20-8-3-2-4-9-20)27-15-13-26(14-16-27)22(28)21-10-7-18-30-21;/h2-4,7-10,18H,5-6,11-17,19H2,1H3,(H,24,25);1H. The van der Waals surface area contributed by atoms with Gasteiger partial charge in [0.05, 0.1) is 12.9 Å². The van der Waals surface area contributed by atoms with Gasteiger partial charge in [0.25, 0.3) is 5.91 Å². The van der Waals surface area contributed by atoms with Crippen molar-refractivity contribution in [1.29, 1.82) is 0 Å². The summed E-state index contributed by atoms with van der Waals surface area (Å²) in [6.07, 6.45) is 4.54. The highest BCUT2D eigenvalue weighted by Crippen LogP contribution is 2.09. The highest BCUT2D eigenvalue weighted by Gasteiger charge is 2.24. The van der Waals surface area contributed by atoms with Gasteiger partial charge in [-0.3, -0.25) is 9.79 Å². The number of nitrogens with one attached hydrogen (secondary N) is 1. The van der Waals surface area contributed by atoms with Crippen molar-refractivity contribution in [2.75, 3.05) is 53.0 Å². The Morgan fingerprint density at radius 2 is 1.77 bits per heavy atom. The molecule has 1 aromatic heterocycles. The van der Waals surface area contributed by atoms with Gasteiger partial charge in [0.15, 0.2) is 11.7 Å². The van der Waals surface area contributed by atoms with Gasteiger partial charge < -0.3 is 24.3 Å². The van der Waals surface area contributed by atoms with E-state index in [-0.39, 0.29) is 29.9 Å². The van der Waals surface area contributed by atoms with E-state index in [1.54, 1.807) is 19.2 Å². The van der Waals surface area contributed by atoms with E-state index >= 15 is 0 Å². The molecule has 1 aliphatic rings. The zero-order valence-corrected chi connectivity index (χ0v) is 20.5. The Balaban J connectivity index is 0.00000341. The van der Waals surface area contributed by atoms with Crippen LogP contribution in [0, 0.1) is 0 Å². The molecule has 0 saturated carbocycles. The molecule has 0 spiro atoms. The monoisotopic (exact) mass is 540 g/mol. The molecule has 1 aromatic carbocycles. The van der Waals surface area contributed by atoms with Gasteiger partial charge in [-0.05, 0) is 37.0 Å². The normalized spacial score (nSPS) is 14.3. The van der Waals surface area contributed by atoms with E-state index in [1.807, 2.05) is 11.0 Å². The van der Waals surface area contributed by atoms with E-state index in [2.05, 4.69) is 39.5 Å². The van der Waals surface area contributed by atoms with Crippen LogP contribution in [0.3, 0.4) is 0 Å². The van der Waals surface area contributed by atoms with Crippen LogP contribution in [0.1, 0.15) is 29.0 Å². The topological polar surface area (TPSA) is 70.3 Å². The van der Waals surface area contributed by atoms with Crippen LogP contribution in [0.4, 0.5) is 0 Å². The van der Waals surface area contributed by atoms with E-state index in [4.69, 9.17) is 9.15 Å². The van der Waals surface area contributed by atoms with Crippen LogP contribution in [0.2, 0.25) is 0 Å². The molecule has 0 unspecified atom stereocenters. The first-order valence-electron chi connectivity index (χ1n) is 10.7. The van der Waals surface area contributed by atoms with Gasteiger partial charge in [0.1, 0.15) is 0 Å². The summed E-state index contributed by atoms with van der Waals surface area (Å²) in [6, 6.07) is 13.9. The summed E-state index contributed by atoms with van der Waals surface area (Å²) in [5, 5.41) is 3.43. The Bertz CT molecular complexity index is 775. The quantitative estimate of drug-likeness (QED) is 0.229. The maximum atomic E-state index is 12.4. The highest BCUT2D eigenvalue weighted by molar-refractivity contribution is 14.0. The molecule has 0 atom stereocenters. The van der Waals surface area contributed by atoms with E-state index in [1.165, 1.54) is 11.8 Å². The third-order valence-electron chi connectivity index (χ3n) is 5.19. The Morgan fingerprint density at radius 3 is 2.45 bits per heavy atom. The maximum Gasteiger partial charge on any atom is 0.289 e. The predicted octanol–water partition coefficient (Wildman–Crippen LogP) is 3.27. The highest BCUT2D eigenvalue weighted by atomic mass is 127. The molecule has 1 N–H and O–H groups in total. The lowest BCUT2D eigenvalue weighted by Crippen LogP contribution is -2.53. The molecule has 170 valence electrons. The van der Waals surface area contributed by atoms with Gasteiger partial charge in [-0.15, -0.1) is 24.0 Å². The van der Waals surface area contributed by atoms with Crippen molar-refractivity contribution in [3.8, 4) is 0 Å². The van der Waals surface area contributed by atoms with Crippen LogP contribution in [0.25, 0.3) is 0 Å². The van der Waals surface area contributed by atoms with Crippen molar-refractivity contribution in [2.45, 2.75) is 19.3 Å². The predicted molar refractivity (Wildman–Crippen MR) is 133 cm³/mol. The fraction of sp³-hybridized carbons (Fsp3) is 0.478. The zero-order chi connectivity index (χ0) is 21.0. The van der Waals surface area contributed by atoms with Crippen LogP contribution in [0.5, 0.6) is 0 Å². The van der Waals surface area contributed by atoms with Crippen LogP contribution in [0.15, 0.2) is 58.1 Å². The van der Waals surface area contributed by atoms with Gasteiger partial charge in [-0.1, -0.05) is 30.3 Å². The van der Waals surface area contributed by atoms with Crippen molar-refractivity contribution in [3.05, 3.63) is 60.1 Å². The summed E-state index contributed by atoms with van der Waals surface area (Å²) in [7, 11) is 1.80. The minimum atomic E-state index is -0.0464. The van der Waals surface area contributed by atoms with Crippen molar-refractivity contribution in [1.82, 2.24) is 15.1 Å². The number of carbonyl (C=O) groups is 1. The molecule has 8 heteroatoms. The number of halogens is 1. The number of rotatable bonds is 9. The molecule has 7 nitrogen and oxygen atoms in total. The first-order valence-corrected chi connectivity index (χ1v) is 10.7. The number of carbonyl (C=O) groups excluding carboxylic acids is 1. The van der Waals surface area contributed by atoms with Crippen LogP contribution in [-0.2, 0) is 11.2 Å². The fourth-order valence-corrected chi connectivity index (χ4v) is 3.48. The molecule has 1 saturated heterocycles. The molecule has 0 aliphatic carbocycles. The Kier molecular flexibility index (Phi) is 11.4. The average molecular weight is 540 g/mol. The summed E-state index contributed by atoms with van der Waals surface area (Å²) >= 11 is 0. The van der Waals surface area contributed by atoms with Gasteiger partial charge >= 0.3 is 0 Å². The Morgan fingerprint density at radius 1 is 1.03 bits per heavy atom. The summed E-state index contributed by atoms with van der Waals surface area (Å²) in [5.74, 6) is 1.25. The first-order chi connectivity index (χ1) is 14.8. The Labute approximate surface area is 201 Å². The molecular weight excluding hydrogens is 507 g/mol. The molecule has 1 aliphatic heterocycles. The number of ether oxygens (including phenoxy) is 1. The number of furan rings is 1. The van der Waals surface area contributed by atoms with Crippen LogP contribution < -0.4 is 5.32 Å². The number of guanidine groups is 1. The van der Waals surface area contributed by atoms with Crippen molar-refractivity contribution >= 4 is 35.8 Å². The number of benzene rings is 1. The molecule has 1 amide bonds. The fourth-order valence-electron chi connectivity index (χ4n) is 3.48. The minimum Gasteiger partial charge on any atom is -0.459 e. The molecular formula is C23H33IN4O3. The van der Waals surface area contributed by atoms with Crippen molar-refractivity contribution < 1.29 is 13.9 Å². The number of aliphatic imine (C=N–C) groups is 1. The van der Waals surface area contributed by atoms with Gasteiger partial charge in [-0.25, -0.2) is 0 Å². The number of nitrogens with zero attached hydrogens (tertiary/aromatic N) is 3. The van der Waals surface area contributed by atoms with E-state index in [9.17, 15) is 4.79 Å². The SMILES string of the molecule is CN=C(NCCCCOCCc1ccccc1)N1CCN(C(=O)c2ccco2)CC1.I. The maximum absolute atomic E-state index is 12.4. The lowest BCUT2D eigenvalue weighted by molar-refractivity contribution is 0.0657. The molecule has 1 fully saturated rings. The van der Waals surface area contributed by atoms with E-state index in [0.717, 1.165) is 58.1 Å². The van der Waals surface area contributed by atoms with E-state index < -0.39 is 0 Å². The van der Waals surface area contributed by atoms with Gasteiger partial charge in [-0.2, -0.15) is 0 Å². The molecule has 0 radical (unpaired) electrons. The minimum absolute atomic E-state index is 0. The summed E-state index contributed by atoms with van der Waals surface area (Å²) in [5.41, 5.74) is 1.31. The molecule has 0 bridgehead atoms. The first kappa shape index (κ1) is 25.2. The summed E-state index contributed by atoms with van der Waals surface area (Å²) in [4.78, 5) is 20.8. The average Bonchev–Trinajstić information content (AvgIpc) is 3.33. The van der Waals surface area contributed by atoms with Crippen LogP contribution >= 0.6 is 24.0 Å². The van der Waals surface area contributed by atoms with Crippen LogP contribution in [-0.4, -0.2) is 74.7 Å². The molecule has 3 rings (SSSR count). The summed E-state index contributed by atoms with van der Waals surface area (Å²) in [6.45, 7) is 5.25. The third-order valence-corrected chi connectivity index (χ3v) is 5.19. The second-order valence-corrected chi connectivity index (χ2v) is 7.29. The number of unbranched alkanes of at least 4 members (excludes halogenated alkanes) is 1. The molecule has 31 heavy (non-hydrogen) atoms. The number of amides is 1. The lowest BCUT2D eigenvalue weighted by atomic mass is 10.2.